The van der Waals surface area contributed by atoms with Crippen LogP contribution in [0.2, 0.25) is 0 Å². The van der Waals surface area contributed by atoms with Gasteiger partial charge in [-0.05, 0) is 38.5 Å². The van der Waals surface area contributed by atoms with Crippen LogP contribution in [-0.4, -0.2) is 21.8 Å². The number of rotatable bonds is 4. The number of hydrogen-bond donors (Lipinski definition) is 2. The van der Waals surface area contributed by atoms with Crippen molar-refractivity contribution < 1.29 is 15.0 Å². The van der Waals surface area contributed by atoms with Gasteiger partial charge in [0, 0.05) is 0 Å². The second-order valence-electron chi connectivity index (χ2n) is 5.73. The van der Waals surface area contributed by atoms with Gasteiger partial charge in [-0.25, -0.2) is 0 Å². The van der Waals surface area contributed by atoms with Gasteiger partial charge in [-0.1, -0.05) is 33.1 Å². The summed E-state index contributed by atoms with van der Waals surface area (Å²) in [6.07, 6.45) is 5.88. The van der Waals surface area contributed by atoms with E-state index in [0.717, 1.165) is 25.7 Å². The number of carbonyl (C=O) groups is 1. The first-order chi connectivity index (χ1) is 7.89. The van der Waals surface area contributed by atoms with Gasteiger partial charge in [0.2, 0.25) is 0 Å². The molecule has 1 rings (SSSR count). The predicted molar refractivity (Wildman–Crippen MR) is 67.8 cm³/mol. The van der Waals surface area contributed by atoms with Crippen LogP contribution in [-0.2, 0) is 4.79 Å². The van der Waals surface area contributed by atoms with E-state index in [9.17, 15) is 15.0 Å². The van der Waals surface area contributed by atoms with Crippen LogP contribution in [0.5, 0.6) is 0 Å². The third kappa shape index (κ3) is 2.65. The van der Waals surface area contributed by atoms with Crippen molar-refractivity contribution in [1.82, 2.24) is 0 Å². The first-order valence-corrected chi connectivity index (χ1v) is 6.85. The molecule has 0 aromatic rings. The van der Waals surface area contributed by atoms with Crippen molar-refractivity contribution in [3.05, 3.63) is 0 Å². The van der Waals surface area contributed by atoms with Crippen molar-refractivity contribution in [3.63, 3.8) is 0 Å². The molecule has 3 atom stereocenters. The standard InChI is InChI=1S/C14H26O3/c1-4-11-7-6-9-14(17,10-8-11)13(3,5-2)12(15)16/h11,17H,4-10H2,1-3H3,(H,15,16). The summed E-state index contributed by atoms with van der Waals surface area (Å²) in [5, 5.41) is 20.2. The molecule has 0 bridgehead atoms. The van der Waals surface area contributed by atoms with Gasteiger partial charge in [0.15, 0.2) is 0 Å². The maximum atomic E-state index is 11.5. The SMILES string of the molecule is CCC1CCCC(O)(C(C)(CC)C(=O)O)CC1. The van der Waals surface area contributed by atoms with Crippen molar-refractivity contribution in [2.45, 2.75) is 71.3 Å². The van der Waals surface area contributed by atoms with Crippen LogP contribution in [0.1, 0.15) is 65.7 Å². The van der Waals surface area contributed by atoms with E-state index in [0.29, 0.717) is 25.2 Å². The minimum absolute atomic E-state index is 0.482. The molecule has 0 aliphatic heterocycles. The fraction of sp³-hybridized carbons (Fsp3) is 0.929. The highest BCUT2D eigenvalue weighted by molar-refractivity contribution is 5.75. The van der Waals surface area contributed by atoms with E-state index in [1.165, 1.54) is 0 Å². The number of carboxylic acids is 1. The molecule has 3 nitrogen and oxygen atoms in total. The lowest BCUT2D eigenvalue weighted by Gasteiger charge is -2.41. The quantitative estimate of drug-likeness (QED) is 0.744. The predicted octanol–water partition coefficient (Wildman–Crippen LogP) is 3.21. The molecule has 1 aliphatic carbocycles. The molecule has 0 aromatic carbocycles. The fourth-order valence-corrected chi connectivity index (χ4v) is 3.03. The number of hydrogen-bond acceptors (Lipinski definition) is 2. The lowest BCUT2D eigenvalue weighted by Crippen LogP contribution is -2.51. The van der Waals surface area contributed by atoms with E-state index in [-0.39, 0.29) is 0 Å². The normalized spacial score (nSPS) is 33.8. The Morgan fingerprint density at radius 2 is 2.00 bits per heavy atom. The molecule has 0 saturated heterocycles. The van der Waals surface area contributed by atoms with Crippen LogP contribution in [0.25, 0.3) is 0 Å². The van der Waals surface area contributed by atoms with Gasteiger partial charge >= 0.3 is 5.97 Å². The van der Waals surface area contributed by atoms with Gasteiger partial charge < -0.3 is 10.2 Å². The van der Waals surface area contributed by atoms with Crippen LogP contribution in [0.3, 0.4) is 0 Å². The zero-order chi connectivity index (χ0) is 13.1. The van der Waals surface area contributed by atoms with Crippen molar-refractivity contribution >= 4 is 5.97 Å². The Kier molecular flexibility index (Phi) is 4.59. The molecule has 3 heteroatoms. The number of aliphatic hydroxyl groups is 1. The highest BCUT2D eigenvalue weighted by atomic mass is 16.4. The zero-order valence-electron chi connectivity index (χ0n) is 11.3. The lowest BCUT2D eigenvalue weighted by atomic mass is 9.67. The van der Waals surface area contributed by atoms with E-state index in [2.05, 4.69) is 6.92 Å². The Balaban J connectivity index is 2.89. The second kappa shape index (κ2) is 5.38. The Morgan fingerprint density at radius 1 is 1.35 bits per heavy atom. The van der Waals surface area contributed by atoms with Crippen LogP contribution >= 0.6 is 0 Å². The summed E-state index contributed by atoms with van der Waals surface area (Å²) in [6.45, 7) is 5.72. The van der Waals surface area contributed by atoms with E-state index < -0.39 is 17.0 Å². The maximum Gasteiger partial charge on any atom is 0.312 e. The Bertz CT molecular complexity index is 277. The van der Waals surface area contributed by atoms with Gasteiger partial charge in [0.25, 0.3) is 0 Å². The monoisotopic (exact) mass is 242 g/mol. The van der Waals surface area contributed by atoms with E-state index >= 15 is 0 Å². The molecule has 0 heterocycles. The maximum absolute atomic E-state index is 11.5. The summed E-state index contributed by atoms with van der Waals surface area (Å²) >= 11 is 0. The van der Waals surface area contributed by atoms with Crippen LogP contribution in [0.4, 0.5) is 0 Å². The minimum Gasteiger partial charge on any atom is -0.481 e. The van der Waals surface area contributed by atoms with Crippen molar-refractivity contribution in [2.75, 3.05) is 0 Å². The lowest BCUT2D eigenvalue weighted by molar-refractivity contribution is -0.170. The zero-order valence-corrected chi connectivity index (χ0v) is 11.3. The third-order valence-corrected chi connectivity index (χ3v) is 4.95. The average Bonchev–Trinajstić information content (AvgIpc) is 2.50. The van der Waals surface area contributed by atoms with Crippen LogP contribution in [0, 0.1) is 11.3 Å². The van der Waals surface area contributed by atoms with E-state index in [4.69, 9.17) is 0 Å². The molecule has 0 radical (unpaired) electrons. The highest BCUT2D eigenvalue weighted by Crippen LogP contribution is 2.45. The molecule has 0 spiro atoms. The average molecular weight is 242 g/mol. The molecule has 17 heavy (non-hydrogen) atoms. The smallest absolute Gasteiger partial charge is 0.312 e. The van der Waals surface area contributed by atoms with Gasteiger partial charge in [-0.2, -0.15) is 0 Å². The molecule has 3 unspecified atom stereocenters. The molecular weight excluding hydrogens is 216 g/mol. The van der Waals surface area contributed by atoms with Crippen molar-refractivity contribution in [3.8, 4) is 0 Å². The molecule has 1 aliphatic rings. The Hall–Kier alpha value is -0.570. The van der Waals surface area contributed by atoms with Crippen LogP contribution in [0.15, 0.2) is 0 Å². The van der Waals surface area contributed by atoms with Gasteiger partial charge in [0.05, 0.1) is 11.0 Å². The molecule has 100 valence electrons. The molecule has 0 amide bonds. The Labute approximate surface area is 104 Å². The van der Waals surface area contributed by atoms with Gasteiger partial charge in [0.1, 0.15) is 0 Å². The molecule has 0 aromatic heterocycles. The fourth-order valence-electron chi connectivity index (χ4n) is 3.03. The topological polar surface area (TPSA) is 57.5 Å². The first kappa shape index (κ1) is 14.5. The number of aliphatic carboxylic acids is 1. The molecule has 1 saturated carbocycles. The summed E-state index contributed by atoms with van der Waals surface area (Å²) in [5.74, 6) is -0.212. The van der Waals surface area contributed by atoms with E-state index in [1.807, 2.05) is 6.92 Å². The van der Waals surface area contributed by atoms with Crippen molar-refractivity contribution in [1.29, 1.82) is 0 Å². The highest BCUT2D eigenvalue weighted by Gasteiger charge is 2.51. The first-order valence-electron chi connectivity index (χ1n) is 6.85. The summed E-state index contributed by atoms with van der Waals surface area (Å²) in [5.41, 5.74) is -2.03. The van der Waals surface area contributed by atoms with Gasteiger partial charge in [-0.3, -0.25) is 4.79 Å². The second-order valence-corrected chi connectivity index (χ2v) is 5.73. The molecule has 1 fully saturated rings. The molecule has 2 N–H and O–H groups in total. The van der Waals surface area contributed by atoms with Gasteiger partial charge in [-0.15, -0.1) is 0 Å². The van der Waals surface area contributed by atoms with Crippen molar-refractivity contribution in [2.24, 2.45) is 11.3 Å². The summed E-state index contributed by atoms with van der Waals surface area (Å²) < 4.78 is 0. The molecular formula is C14H26O3. The summed E-state index contributed by atoms with van der Waals surface area (Å²) in [7, 11) is 0. The largest absolute Gasteiger partial charge is 0.481 e. The number of carboxylic acid groups (broad SMARTS) is 1. The third-order valence-electron chi connectivity index (χ3n) is 4.95. The van der Waals surface area contributed by atoms with Crippen LogP contribution < -0.4 is 0 Å². The summed E-state index contributed by atoms with van der Waals surface area (Å²) in [4.78, 5) is 11.5. The Morgan fingerprint density at radius 3 is 2.47 bits per heavy atom. The van der Waals surface area contributed by atoms with E-state index in [1.54, 1.807) is 6.92 Å². The minimum atomic E-state index is -1.03. The summed E-state index contributed by atoms with van der Waals surface area (Å²) in [6, 6.07) is 0.